The Bertz CT molecular complexity index is 940. The first-order chi connectivity index (χ1) is 13.8. The van der Waals surface area contributed by atoms with E-state index in [0.717, 1.165) is 42.1 Å². The second-order valence-electron chi connectivity index (χ2n) is 6.93. The number of aryl methyl sites for hydroxylation is 1. The van der Waals surface area contributed by atoms with Gasteiger partial charge in [-0.25, -0.2) is 0 Å². The molecule has 0 saturated carbocycles. The molecule has 1 aliphatic rings. The number of hydrogen-bond acceptors (Lipinski definition) is 3. The molecule has 4 rings (SSSR count). The Labute approximate surface area is 165 Å². The number of hydrogen-bond donors (Lipinski definition) is 1. The van der Waals surface area contributed by atoms with E-state index in [2.05, 4.69) is 11.4 Å². The van der Waals surface area contributed by atoms with Crippen LogP contribution in [0, 0.1) is 0 Å². The molecule has 1 heterocycles. The molecular formula is C24H24N2O2. The highest BCUT2D eigenvalue weighted by Gasteiger charge is 2.21. The maximum Gasteiger partial charge on any atom is 0.246 e. The van der Waals surface area contributed by atoms with Crippen molar-refractivity contribution in [2.24, 2.45) is 0 Å². The van der Waals surface area contributed by atoms with Crippen molar-refractivity contribution in [2.75, 3.05) is 23.3 Å². The zero-order valence-corrected chi connectivity index (χ0v) is 15.8. The molecule has 0 aliphatic carbocycles. The summed E-state index contributed by atoms with van der Waals surface area (Å²) in [4.78, 5) is 14.7. The first kappa shape index (κ1) is 18.1. The van der Waals surface area contributed by atoms with Crippen molar-refractivity contribution < 1.29 is 9.53 Å². The third-order valence-electron chi connectivity index (χ3n) is 4.94. The lowest BCUT2D eigenvalue weighted by molar-refractivity contribution is -0.117. The SMILES string of the molecule is O=C(CNc1cccc(OCc2ccccc2)c1)N1CCCc2ccccc21. The van der Waals surface area contributed by atoms with Crippen molar-refractivity contribution in [3.63, 3.8) is 0 Å². The highest BCUT2D eigenvalue weighted by molar-refractivity contribution is 5.97. The number of para-hydroxylation sites is 1. The van der Waals surface area contributed by atoms with E-state index in [4.69, 9.17) is 4.74 Å². The number of rotatable bonds is 6. The normalized spacial score (nSPS) is 12.9. The largest absolute Gasteiger partial charge is 0.489 e. The van der Waals surface area contributed by atoms with E-state index in [-0.39, 0.29) is 12.5 Å². The Balaban J connectivity index is 1.36. The molecule has 3 aromatic carbocycles. The van der Waals surface area contributed by atoms with E-state index < -0.39 is 0 Å². The fraction of sp³-hybridized carbons (Fsp3) is 0.208. The van der Waals surface area contributed by atoms with E-state index in [1.54, 1.807) is 0 Å². The number of nitrogens with one attached hydrogen (secondary N) is 1. The van der Waals surface area contributed by atoms with Crippen molar-refractivity contribution in [1.29, 1.82) is 0 Å². The predicted molar refractivity (Wildman–Crippen MR) is 113 cm³/mol. The number of anilines is 2. The summed E-state index contributed by atoms with van der Waals surface area (Å²) in [5.41, 5.74) is 4.29. The minimum atomic E-state index is 0.0859. The van der Waals surface area contributed by atoms with Gasteiger partial charge in [0, 0.05) is 24.0 Å². The van der Waals surface area contributed by atoms with Crippen LogP contribution in [-0.2, 0) is 17.8 Å². The Morgan fingerprint density at radius 2 is 1.79 bits per heavy atom. The van der Waals surface area contributed by atoms with Gasteiger partial charge in [0.25, 0.3) is 0 Å². The van der Waals surface area contributed by atoms with Gasteiger partial charge in [-0.05, 0) is 42.2 Å². The van der Waals surface area contributed by atoms with Crippen LogP contribution in [-0.4, -0.2) is 19.0 Å². The van der Waals surface area contributed by atoms with Crippen LogP contribution in [0.25, 0.3) is 0 Å². The molecule has 0 spiro atoms. The van der Waals surface area contributed by atoms with Crippen LogP contribution in [0.15, 0.2) is 78.9 Å². The van der Waals surface area contributed by atoms with E-state index >= 15 is 0 Å². The average Bonchev–Trinajstić information content (AvgIpc) is 2.77. The fourth-order valence-electron chi connectivity index (χ4n) is 3.50. The molecular weight excluding hydrogens is 348 g/mol. The van der Waals surface area contributed by atoms with Gasteiger partial charge < -0.3 is 15.0 Å². The summed E-state index contributed by atoms with van der Waals surface area (Å²) in [5, 5.41) is 3.24. The summed E-state index contributed by atoms with van der Waals surface area (Å²) >= 11 is 0. The first-order valence-corrected chi connectivity index (χ1v) is 9.68. The number of carbonyl (C=O) groups excluding carboxylic acids is 1. The highest BCUT2D eigenvalue weighted by Crippen LogP contribution is 2.27. The number of nitrogens with zero attached hydrogens (tertiary/aromatic N) is 1. The van der Waals surface area contributed by atoms with Crippen LogP contribution in [0.5, 0.6) is 5.75 Å². The molecule has 0 fully saturated rings. The van der Waals surface area contributed by atoms with Crippen molar-refractivity contribution in [2.45, 2.75) is 19.4 Å². The van der Waals surface area contributed by atoms with Crippen LogP contribution in [0.3, 0.4) is 0 Å². The van der Waals surface area contributed by atoms with Crippen molar-refractivity contribution in [1.82, 2.24) is 0 Å². The third-order valence-corrected chi connectivity index (χ3v) is 4.94. The Kier molecular flexibility index (Phi) is 5.57. The third kappa shape index (κ3) is 4.34. The number of ether oxygens (including phenoxy) is 1. The molecule has 0 bridgehead atoms. The Hall–Kier alpha value is -3.27. The molecule has 0 atom stereocenters. The van der Waals surface area contributed by atoms with Gasteiger partial charge in [0.05, 0.1) is 6.54 Å². The van der Waals surface area contributed by atoms with Crippen LogP contribution >= 0.6 is 0 Å². The smallest absolute Gasteiger partial charge is 0.246 e. The van der Waals surface area contributed by atoms with Gasteiger partial charge in [0.1, 0.15) is 12.4 Å². The summed E-state index contributed by atoms with van der Waals surface area (Å²) in [6.07, 6.45) is 2.04. The van der Waals surface area contributed by atoms with Gasteiger partial charge >= 0.3 is 0 Å². The van der Waals surface area contributed by atoms with Crippen LogP contribution in [0.2, 0.25) is 0 Å². The molecule has 3 aromatic rings. The number of carbonyl (C=O) groups is 1. The molecule has 0 aromatic heterocycles. The summed E-state index contributed by atoms with van der Waals surface area (Å²) < 4.78 is 5.87. The molecule has 1 amide bonds. The molecule has 0 unspecified atom stereocenters. The maximum atomic E-state index is 12.8. The summed E-state index contributed by atoms with van der Waals surface area (Å²) in [5.74, 6) is 0.868. The van der Waals surface area contributed by atoms with Crippen LogP contribution < -0.4 is 15.0 Å². The highest BCUT2D eigenvalue weighted by atomic mass is 16.5. The summed E-state index contributed by atoms with van der Waals surface area (Å²) in [6, 6.07) is 26.0. The van der Waals surface area contributed by atoms with Gasteiger partial charge in [0.15, 0.2) is 0 Å². The molecule has 1 N–H and O–H groups in total. The van der Waals surface area contributed by atoms with E-state index in [9.17, 15) is 4.79 Å². The lowest BCUT2D eigenvalue weighted by Crippen LogP contribution is -2.39. The van der Waals surface area contributed by atoms with Crippen LogP contribution in [0.1, 0.15) is 17.5 Å². The maximum absolute atomic E-state index is 12.8. The molecule has 142 valence electrons. The summed E-state index contributed by atoms with van der Waals surface area (Å²) in [7, 11) is 0. The second kappa shape index (κ2) is 8.61. The van der Waals surface area contributed by atoms with Gasteiger partial charge in [-0.15, -0.1) is 0 Å². The van der Waals surface area contributed by atoms with E-state index in [1.807, 2.05) is 77.7 Å². The fourth-order valence-corrected chi connectivity index (χ4v) is 3.50. The average molecular weight is 372 g/mol. The molecule has 0 radical (unpaired) electrons. The number of amides is 1. The van der Waals surface area contributed by atoms with Crippen molar-refractivity contribution >= 4 is 17.3 Å². The molecule has 4 nitrogen and oxygen atoms in total. The topological polar surface area (TPSA) is 41.6 Å². The minimum absolute atomic E-state index is 0.0859. The van der Waals surface area contributed by atoms with E-state index in [1.165, 1.54) is 5.56 Å². The van der Waals surface area contributed by atoms with Gasteiger partial charge in [-0.1, -0.05) is 54.6 Å². The van der Waals surface area contributed by atoms with Crippen LogP contribution in [0.4, 0.5) is 11.4 Å². The molecule has 1 aliphatic heterocycles. The number of benzene rings is 3. The number of fused-ring (bicyclic) bond motifs is 1. The van der Waals surface area contributed by atoms with Crippen molar-refractivity contribution in [3.05, 3.63) is 90.0 Å². The second-order valence-corrected chi connectivity index (χ2v) is 6.93. The quantitative estimate of drug-likeness (QED) is 0.684. The minimum Gasteiger partial charge on any atom is -0.489 e. The summed E-state index contributed by atoms with van der Waals surface area (Å²) in [6.45, 7) is 1.56. The first-order valence-electron chi connectivity index (χ1n) is 9.68. The zero-order valence-electron chi connectivity index (χ0n) is 15.8. The van der Waals surface area contributed by atoms with Gasteiger partial charge in [0.2, 0.25) is 5.91 Å². The molecule has 4 heteroatoms. The zero-order chi connectivity index (χ0) is 19.2. The Morgan fingerprint density at radius 1 is 0.964 bits per heavy atom. The lowest BCUT2D eigenvalue weighted by atomic mass is 10.0. The lowest BCUT2D eigenvalue weighted by Gasteiger charge is -2.29. The Morgan fingerprint density at radius 3 is 2.68 bits per heavy atom. The predicted octanol–water partition coefficient (Wildman–Crippen LogP) is 4.66. The van der Waals surface area contributed by atoms with Crippen molar-refractivity contribution in [3.8, 4) is 5.75 Å². The standard InChI is InChI=1S/C24H24N2O2/c27-24(26-15-7-11-20-10-4-5-14-23(20)26)17-25-21-12-6-13-22(16-21)28-18-19-8-2-1-3-9-19/h1-6,8-10,12-14,16,25H,7,11,15,17-18H2. The van der Waals surface area contributed by atoms with Gasteiger partial charge in [-0.2, -0.15) is 0 Å². The van der Waals surface area contributed by atoms with E-state index in [0.29, 0.717) is 6.61 Å². The monoisotopic (exact) mass is 372 g/mol. The molecule has 28 heavy (non-hydrogen) atoms. The molecule has 0 saturated heterocycles. The van der Waals surface area contributed by atoms with Gasteiger partial charge in [-0.3, -0.25) is 4.79 Å².